The van der Waals surface area contributed by atoms with E-state index in [1.54, 1.807) is 48.2 Å². The van der Waals surface area contributed by atoms with Gasteiger partial charge in [0, 0.05) is 87.7 Å². The average Bonchev–Trinajstić information content (AvgIpc) is 1.97. The number of aromatic amines is 1. The number of phosphoric acid groups is 1. The maximum Gasteiger partial charge on any atom is 0.475 e. The Morgan fingerprint density at radius 3 is 1.80 bits per heavy atom. The summed E-state index contributed by atoms with van der Waals surface area (Å²) in [5, 5.41) is 39.3. The Kier molecular flexibility index (Phi) is 45.7. The van der Waals surface area contributed by atoms with E-state index >= 15 is 4.39 Å². The first kappa shape index (κ1) is 83.2. The van der Waals surface area contributed by atoms with E-state index < -0.39 is 47.6 Å². The fourth-order valence-electron chi connectivity index (χ4n) is 7.91. The molecule has 0 radical (unpaired) electrons. The van der Waals surface area contributed by atoms with Gasteiger partial charge in [0.25, 0.3) is 8.53 Å². The van der Waals surface area contributed by atoms with Crippen molar-refractivity contribution < 1.29 is 79.2 Å². The molecule has 1 aliphatic rings. The molecule has 1 saturated heterocycles. The van der Waals surface area contributed by atoms with Crippen molar-refractivity contribution in [3.05, 3.63) is 35.7 Å². The molecular weight excluding hydrogens is 1240 g/mol. The van der Waals surface area contributed by atoms with Crippen LogP contribution in [0.3, 0.4) is 0 Å². The van der Waals surface area contributed by atoms with Crippen molar-refractivity contribution in [3.8, 4) is 29.3 Å². The summed E-state index contributed by atoms with van der Waals surface area (Å²) in [4.78, 5) is 28.4. The number of imidazole rings is 1. The first-order valence-corrected chi connectivity index (χ1v) is 34.2. The second-order valence-electron chi connectivity index (χ2n) is 20.5. The number of urea groups is 1. The van der Waals surface area contributed by atoms with E-state index in [-0.39, 0.29) is 55.7 Å². The van der Waals surface area contributed by atoms with E-state index in [0.29, 0.717) is 146 Å². The normalized spacial score (nSPS) is 14.5. The van der Waals surface area contributed by atoms with Crippen LogP contribution in [0.4, 0.5) is 15.1 Å². The molecule has 2 amide bonds. The Balaban J connectivity index is 0.000000754. The number of fused-ring (bicyclic) bond motifs is 1. The minimum Gasteiger partial charge on any atom is -0.394 e. The Morgan fingerprint density at radius 1 is 0.787 bits per heavy atom. The number of rotatable bonds is 41. The predicted molar refractivity (Wildman–Crippen MR) is 339 cm³/mol. The third kappa shape index (κ3) is 33.5. The van der Waals surface area contributed by atoms with Crippen LogP contribution in [0, 0.1) is 39.8 Å². The molecule has 89 heavy (non-hydrogen) atoms. The molecule has 1 fully saturated rings. The number of nitrogens with one attached hydrogen (secondary N) is 3. The van der Waals surface area contributed by atoms with Gasteiger partial charge in [-0.2, -0.15) is 15.8 Å². The number of phosphoric ester groups is 1. The van der Waals surface area contributed by atoms with Crippen LogP contribution in [0.5, 0.6) is 0 Å². The number of anilines is 1. The van der Waals surface area contributed by atoms with E-state index in [0.717, 1.165) is 6.42 Å². The first-order chi connectivity index (χ1) is 42.6. The monoisotopic (exact) mass is 1340 g/mol. The molecule has 0 aliphatic carbocycles. The van der Waals surface area contributed by atoms with Crippen LogP contribution in [0.1, 0.15) is 126 Å². The highest BCUT2D eigenvalue weighted by Crippen LogP contribution is 2.55. The molecule has 3 heterocycles. The van der Waals surface area contributed by atoms with Gasteiger partial charge >= 0.3 is 13.9 Å². The zero-order chi connectivity index (χ0) is 66.6. The van der Waals surface area contributed by atoms with Crippen LogP contribution < -0.4 is 10.6 Å². The molecule has 32 heteroatoms. The maximum atomic E-state index is 16.2. The Labute approximate surface area is 533 Å². The Morgan fingerprint density at radius 2 is 1.29 bits per heavy atom. The average molecular weight is 1340 g/mol. The van der Waals surface area contributed by atoms with E-state index in [1.165, 1.54) is 12.4 Å². The third-order valence-electron chi connectivity index (χ3n) is 11.6. The number of amides is 2. The number of methoxy groups -OCH3 is 3. The lowest BCUT2D eigenvalue weighted by atomic mass is 9.98. The second kappa shape index (κ2) is 48.9. The fourth-order valence-corrected chi connectivity index (χ4v) is 13.3. The molecule has 0 saturated carbocycles. The number of aliphatic hydroxyl groups excluding tert-OH is 1. The highest BCUT2D eigenvalue weighted by molar-refractivity contribution is 7.78. The summed E-state index contributed by atoms with van der Waals surface area (Å²) in [5.41, 5.74) is 0.273. The number of carbonyl (C=O) groups excluding carboxylic acids is 1. The zero-order valence-corrected chi connectivity index (χ0v) is 57.9. The van der Waals surface area contributed by atoms with Crippen LogP contribution in [0.2, 0.25) is 0 Å². The van der Waals surface area contributed by atoms with Gasteiger partial charge in [-0.25, -0.2) is 38.0 Å². The van der Waals surface area contributed by atoms with Crippen LogP contribution >= 0.6 is 35.2 Å². The van der Waals surface area contributed by atoms with Gasteiger partial charge < -0.3 is 62.1 Å². The predicted octanol–water partition coefficient (Wildman–Crippen LogP) is 11.2. The van der Waals surface area contributed by atoms with Gasteiger partial charge in [-0.3, -0.25) is 18.9 Å². The number of aliphatic hydroxyl groups is 1. The van der Waals surface area contributed by atoms with Gasteiger partial charge in [0.2, 0.25) is 13.6 Å². The van der Waals surface area contributed by atoms with E-state index in [9.17, 15) is 9.36 Å². The number of hydrogen-bond acceptors (Lipinski definition) is 24. The topological polar surface area (TPSA) is 331 Å². The smallest absolute Gasteiger partial charge is 0.394 e. The third-order valence-corrected chi connectivity index (χ3v) is 17.9. The van der Waals surface area contributed by atoms with E-state index in [1.807, 2.05) is 12.1 Å². The minimum atomic E-state index is -4.19. The van der Waals surface area contributed by atoms with Crippen molar-refractivity contribution >= 4 is 58.3 Å². The van der Waals surface area contributed by atoms with Crippen LogP contribution in [0.25, 0.3) is 22.2 Å². The quantitative estimate of drug-likeness (QED) is 0.0303. The van der Waals surface area contributed by atoms with Crippen LogP contribution in [-0.2, 0) is 70.5 Å². The lowest BCUT2D eigenvalue weighted by Gasteiger charge is -2.35. The summed E-state index contributed by atoms with van der Waals surface area (Å²) in [7, 11) is -1.64. The number of benzene rings is 1. The molecule has 2 aromatic heterocycles. The maximum absolute atomic E-state index is 16.2. The number of hydrogen-bond donors (Lipinski definition) is 4. The molecule has 0 spiro atoms. The summed E-state index contributed by atoms with van der Waals surface area (Å²) >= 11 is 6.13. The van der Waals surface area contributed by atoms with Crippen molar-refractivity contribution in [1.82, 2.24) is 34.6 Å². The van der Waals surface area contributed by atoms with Gasteiger partial charge in [-0.15, -0.1) is 0 Å². The summed E-state index contributed by atoms with van der Waals surface area (Å²) in [6, 6.07) is 8.49. The van der Waals surface area contributed by atoms with Crippen molar-refractivity contribution in [2.75, 3.05) is 139 Å². The lowest BCUT2D eigenvalue weighted by Crippen LogP contribution is -2.34. The number of ether oxygens (including phenoxy) is 7. The number of halogens is 2. The lowest BCUT2D eigenvalue weighted by molar-refractivity contribution is 0.00737. The number of nitrogens with zero attached hydrogens (tertiary/aromatic N) is 8. The highest BCUT2D eigenvalue weighted by Gasteiger charge is 2.39. The van der Waals surface area contributed by atoms with Crippen molar-refractivity contribution in [3.63, 3.8) is 0 Å². The molecule has 3 unspecified atom stereocenters. The van der Waals surface area contributed by atoms with Crippen molar-refractivity contribution in [2.24, 2.45) is 0 Å². The number of H-pyrrole nitrogens is 1. The number of aromatic nitrogens is 4. The molecule has 4 atom stereocenters. The Bertz CT molecular complexity index is 2520. The van der Waals surface area contributed by atoms with Gasteiger partial charge in [0.15, 0.2) is 5.82 Å². The molecule has 506 valence electrons. The van der Waals surface area contributed by atoms with Gasteiger partial charge in [0.05, 0.1) is 154 Å². The molecule has 0 bridgehead atoms. The highest BCUT2D eigenvalue weighted by atomic mass is 35.7. The van der Waals surface area contributed by atoms with Gasteiger partial charge in [-0.1, -0.05) is 0 Å². The molecule has 27 nitrogen and oxygen atoms in total. The summed E-state index contributed by atoms with van der Waals surface area (Å²) in [6.07, 6.45) is 4.45. The van der Waals surface area contributed by atoms with Gasteiger partial charge in [-0.05, 0) is 106 Å². The minimum absolute atomic E-state index is 0.0315. The van der Waals surface area contributed by atoms with E-state index in [2.05, 4.69) is 106 Å². The molecule has 3 aromatic rings. The molecule has 4 N–H and O–H groups in total. The largest absolute Gasteiger partial charge is 0.475 e. The van der Waals surface area contributed by atoms with Crippen molar-refractivity contribution in [2.45, 2.75) is 144 Å². The Hall–Kier alpha value is -3.82. The zero-order valence-electron chi connectivity index (χ0n) is 54.4. The summed E-state index contributed by atoms with van der Waals surface area (Å²) in [6.45, 7) is 27.8. The second-order valence-corrected chi connectivity index (χ2v) is 25.6. The molecule has 4 rings (SSSR count). The van der Waals surface area contributed by atoms with E-state index in [4.69, 9.17) is 87.7 Å². The van der Waals surface area contributed by atoms with Crippen molar-refractivity contribution in [1.29, 1.82) is 15.8 Å². The first-order valence-electron chi connectivity index (χ1n) is 29.5. The van der Waals surface area contributed by atoms with Gasteiger partial charge in [0.1, 0.15) is 11.4 Å². The number of nitriles is 3. The molecule has 1 aromatic carbocycles. The number of carbonyl (C=O) groups is 1. The van der Waals surface area contributed by atoms with Crippen LogP contribution in [-0.4, -0.2) is 198 Å². The summed E-state index contributed by atoms with van der Waals surface area (Å²) < 4.78 is 104. The van der Waals surface area contributed by atoms with Crippen LogP contribution in [0.15, 0.2) is 18.5 Å². The summed E-state index contributed by atoms with van der Waals surface area (Å²) in [5.74, 6) is -0.262. The molecular formula is C57H98ClFN11O16P3. The molecule has 1 aliphatic heterocycles. The SMILES string of the molecule is CC(C)N(C(C)C)P(Cl)OCCC#N.CCNC(=O)Nc1nc2c([C@H]3CCCO3)c(F)c(-c3cnc(C(C)(C)OP(=O)(OCCC#N)OCCOCCOC)nc3)cc2[nH]1.COCCOCCO.COCCOCCOP(OCCC#N)N(C(C)C)C(C)C. The standard InChI is InChI=1S/C29H39FN7O8P.C14H29N2O4P.C9H18ClN2OP.C5H12O3/c1-5-32-28(38)37-27-35-21-16-20(24(30)23(25(21)36-27)22-8-6-10-42-22)19-17-33-26(34-18-19)29(2,3)45-46(39,43-11-7-9-31)44-15-14-41-13-12-40-4;1-13(2)16(14(3)4)21(19-8-6-7-15)20-12-11-18-10-9-17-5;1-8(2)12(9(3)4)14(10)13-7-5-6-11;1-7-4-5-8-3-2-6/h16-18,22H,5-8,10-15H2,1-4H3,(H3,32,35,36,37,38);13-14H,6,8-12H2,1-5H3;8-9H,5,7H2,1-4H3;6H,2-5H2,1H3/t22-,46?;;;/m1.../s1. The fraction of sp³-hybridized carbons (Fsp3) is 0.737.